The molecule has 0 heterocycles. The average Bonchev–Trinajstić information content (AvgIpc) is 2.80. The van der Waals surface area contributed by atoms with Crippen molar-refractivity contribution in [3.05, 3.63) is 22.7 Å². The lowest BCUT2D eigenvalue weighted by Crippen LogP contribution is -2.27. The van der Waals surface area contributed by atoms with Crippen molar-refractivity contribution in [2.24, 2.45) is 0 Å². The number of benzene rings is 1. The number of anilines is 1. The minimum Gasteiger partial charge on any atom is -0.486 e. The molecular weight excluding hydrogens is 252 g/mol. The SMILES string of the molecule is CO[C@@H]1CCC[C@H]1Oc1cc(Cl)c(C#N)cc1N. The minimum atomic E-state index is 0.00121. The second-order valence-corrected chi connectivity index (χ2v) is 4.75. The van der Waals surface area contributed by atoms with Gasteiger partial charge in [-0.15, -0.1) is 0 Å². The summed E-state index contributed by atoms with van der Waals surface area (Å²) in [6, 6.07) is 5.12. The molecule has 2 atom stereocenters. The first-order valence-electron chi connectivity index (χ1n) is 5.84. The maximum atomic E-state index is 8.85. The number of nitrogens with zero attached hydrogens (tertiary/aromatic N) is 1. The van der Waals surface area contributed by atoms with Crippen LogP contribution in [0.15, 0.2) is 12.1 Å². The molecule has 18 heavy (non-hydrogen) atoms. The highest BCUT2D eigenvalue weighted by atomic mass is 35.5. The lowest BCUT2D eigenvalue weighted by atomic mass is 10.2. The number of nitriles is 1. The van der Waals surface area contributed by atoms with Crippen LogP contribution >= 0.6 is 11.6 Å². The number of rotatable bonds is 3. The van der Waals surface area contributed by atoms with E-state index in [0.29, 0.717) is 22.0 Å². The highest BCUT2D eigenvalue weighted by Crippen LogP contribution is 2.33. The first-order chi connectivity index (χ1) is 8.65. The van der Waals surface area contributed by atoms with Gasteiger partial charge in [0.25, 0.3) is 0 Å². The van der Waals surface area contributed by atoms with Gasteiger partial charge >= 0.3 is 0 Å². The third-order valence-corrected chi connectivity index (χ3v) is 3.51. The molecular formula is C13H15ClN2O2. The third-order valence-electron chi connectivity index (χ3n) is 3.19. The van der Waals surface area contributed by atoms with Crippen molar-refractivity contribution < 1.29 is 9.47 Å². The molecule has 0 bridgehead atoms. The van der Waals surface area contributed by atoms with Crippen LogP contribution in [0.25, 0.3) is 0 Å². The smallest absolute Gasteiger partial charge is 0.144 e. The van der Waals surface area contributed by atoms with E-state index in [-0.39, 0.29) is 12.2 Å². The van der Waals surface area contributed by atoms with Crippen molar-refractivity contribution in [2.45, 2.75) is 31.5 Å². The van der Waals surface area contributed by atoms with Crippen molar-refractivity contribution in [3.63, 3.8) is 0 Å². The van der Waals surface area contributed by atoms with Crippen LogP contribution in [0.3, 0.4) is 0 Å². The Hall–Kier alpha value is -1.44. The number of hydrogen-bond acceptors (Lipinski definition) is 4. The Labute approximate surface area is 111 Å². The summed E-state index contributed by atoms with van der Waals surface area (Å²) < 4.78 is 11.2. The zero-order valence-corrected chi connectivity index (χ0v) is 10.9. The van der Waals surface area contributed by atoms with Gasteiger partial charge < -0.3 is 15.2 Å². The van der Waals surface area contributed by atoms with Gasteiger partial charge in [-0.25, -0.2) is 0 Å². The summed E-state index contributed by atoms with van der Waals surface area (Å²) in [5.41, 5.74) is 6.64. The summed E-state index contributed by atoms with van der Waals surface area (Å²) >= 11 is 5.97. The molecule has 96 valence electrons. The molecule has 1 aromatic carbocycles. The summed E-state index contributed by atoms with van der Waals surface area (Å²) in [5.74, 6) is 0.521. The monoisotopic (exact) mass is 266 g/mol. The molecule has 0 unspecified atom stereocenters. The van der Waals surface area contributed by atoms with Crippen molar-refractivity contribution in [1.29, 1.82) is 5.26 Å². The fourth-order valence-corrected chi connectivity index (χ4v) is 2.41. The van der Waals surface area contributed by atoms with Crippen molar-refractivity contribution in [2.75, 3.05) is 12.8 Å². The zero-order valence-electron chi connectivity index (χ0n) is 10.1. The molecule has 4 nitrogen and oxygen atoms in total. The van der Waals surface area contributed by atoms with Gasteiger partial charge in [-0.1, -0.05) is 11.6 Å². The largest absolute Gasteiger partial charge is 0.486 e. The number of nitrogen functional groups attached to an aromatic ring is 1. The summed E-state index contributed by atoms with van der Waals surface area (Å²) in [7, 11) is 1.68. The predicted octanol–water partition coefficient (Wildman–Crippen LogP) is 2.74. The number of hydrogen-bond donors (Lipinski definition) is 1. The van der Waals surface area contributed by atoms with E-state index in [1.165, 1.54) is 6.07 Å². The first-order valence-corrected chi connectivity index (χ1v) is 6.22. The van der Waals surface area contributed by atoms with E-state index < -0.39 is 0 Å². The Morgan fingerprint density at radius 2 is 2.11 bits per heavy atom. The molecule has 2 N–H and O–H groups in total. The maximum absolute atomic E-state index is 8.85. The lowest BCUT2D eigenvalue weighted by Gasteiger charge is -2.21. The van der Waals surface area contributed by atoms with Crippen molar-refractivity contribution >= 4 is 17.3 Å². The highest BCUT2D eigenvalue weighted by Gasteiger charge is 2.29. The van der Waals surface area contributed by atoms with E-state index >= 15 is 0 Å². The third kappa shape index (κ3) is 2.53. The minimum absolute atomic E-state index is 0.00121. The fraction of sp³-hybridized carbons (Fsp3) is 0.462. The molecule has 1 aliphatic carbocycles. The quantitative estimate of drug-likeness (QED) is 0.854. The van der Waals surface area contributed by atoms with E-state index in [1.54, 1.807) is 13.2 Å². The molecule has 1 aromatic rings. The molecule has 0 aliphatic heterocycles. The van der Waals surface area contributed by atoms with Crippen molar-refractivity contribution in [3.8, 4) is 11.8 Å². The van der Waals surface area contributed by atoms with E-state index in [9.17, 15) is 0 Å². The van der Waals surface area contributed by atoms with Gasteiger partial charge in [-0.2, -0.15) is 5.26 Å². The van der Waals surface area contributed by atoms with Crippen LogP contribution < -0.4 is 10.5 Å². The van der Waals surface area contributed by atoms with Gasteiger partial charge in [-0.3, -0.25) is 0 Å². The van der Waals surface area contributed by atoms with Gasteiger partial charge in [0.15, 0.2) is 0 Å². The molecule has 0 spiro atoms. The Balaban J connectivity index is 2.19. The number of halogens is 1. The topological polar surface area (TPSA) is 68.3 Å². The maximum Gasteiger partial charge on any atom is 0.144 e. The first kappa shape index (κ1) is 13.0. The molecule has 0 radical (unpaired) electrons. The lowest BCUT2D eigenvalue weighted by molar-refractivity contribution is 0.0232. The molecule has 5 heteroatoms. The van der Waals surface area contributed by atoms with Crippen LogP contribution in [0.5, 0.6) is 5.75 Å². The number of nitrogens with two attached hydrogens (primary N) is 1. The van der Waals surface area contributed by atoms with Gasteiger partial charge in [0.2, 0.25) is 0 Å². The van der Waals surface area contributed by atoms with Gasteiger partial charge in [-0.05, 0) is 25.3 Å². The van der Waals surface area contributed by atoms with Crippen LogP contribution in [-0.2, 0) is 4.74 Å². The molecule has 1 aliphatic rings. The summed E-state index contributed by atoms with van der Waals surface area (Å²) in [6.07, 6.45) is 3.11. The highest BCUT2D eigenvalue weighted by molar-refractivity contribution is 6.32. The second kappa shape index (κ2) is 5.47. The fourth-order valence-electron chi connectivity index (χ4n) is 2.22. The van der Waals surface area contributed by atoms with E-state index in [1.807, 2.05) is 6.07 Å². The number of methoxy groups -OCH3 is 1. The van der Waals surface area contributed by atoms with Crippen LogP contribution in [0.4, 0.5) is 5.69 Å². The zero-order chi connectivity index (χ0) is 13.1. The Bertz CT molecular complexity index is 485. The Kier molecular flexibility index (Phi) is 3.95. The van der Waals surface area contributed by atoms with Crippen molar-refractivity contribution in [1.82, 2.24) is 0 Å². The predicted molar refractivity (Wildman–Crippen MR) is 69.6 cm³/mol. The summed E-state index contributed by atoms with van der Waals surface area (Å²) in [5, 5.41) is 9.20. The van der Waals surface area contributed by atoms with Gasteiger partial charge in [0.05, 0.1) is 22.4 Å². The Morgan fingerprint density at radius 3 is 2.78 bits per heavy atom. The molecule has 0 amide bonds. The van der Waals surface area contributed by atoms with Gasteiger partial charge in [0, 0.05) is 13.2 Å². The van der Waals surface area contributed by atoms with E-state index in [2.05, 4.69) is 0 Å². The standard InChI is InChI=1S/C13H15ClN2O2/c1-17-11-3-2-4-12(11)18-13-6-9(14)8(7-15)5-10(13)16/h5-6,11-12H,2-4,16H2,1H3/t11-,12-/m1/s1. The van der Waals surface area contributed by atoms with Gasteiger partial charge in [0.1, 0.15) is 17.9 Å². The molecule has 1 saturated carbocycles. The molecule has 0 aromatic heterocycles. The summed E-state index contributed by atoms with van der Waals surface area (Å²) in [6.45, 7) is 0. The van der Waals surface area contributed by atoms with E-state index in [4.69, 9.17) is 32.1 Å². The van der Waals surface area contributed by atoms with Crippen LogP contribution in [-0.4, -0.2) is 19.3 Å². The Morgan fingerprint density at radius 1 is 1.39 bits per heavy atom. The number of ether oxygens (including phenoxy) is 2. The average molecular weight is 267 g/mol. The summed E-state index contributed by atoms with van der Waals surface area (Å²) in [4.78, 5) is 0. The van der Waals surface area contributed by atoms with Crippen LogP contribution in [0, 0.1) is 11.3 Å². The van der Waals surface area contributed by atoms with Crippen LogP contribution in [0.2, 0.25) is 5.02 Å². The van der Waals surface area contributed by atoms with E-state index in [0.717, 1.165) is 19.3 Å². The second-order valence-electron chi connectivity index (χ2n) is 4.34. The molecule has 2 rings (SSSR count). The van der Waals surface area contributed by atoms with Crippen LogP contribution in [0.1, 0.15) is 24.8 Å². The molecule has 0 saturated heterocycles. The normalized spacial score (nSPS) is 22.7. The molecule has 1 fully saturated rings.